The Balaban J connectivity index is 0.000000201. The predicted molar refractivity (Wildman–Crippen MR) is 331 cm³/mol. The number of nitrogens with zero attached hydrogens (tertiary/aromatic N) is 6. The number of carbonyl (C=O) groups is 2. The van der Waals surface area contributed by atoms with Crippen LogP contribution in [0.3, 0.4) is 0 Å². The van der Waals surface area contributed by atoms with E-state index in [0.29, 0.717) is 29.8 Å². The molecule has 2 unspecified atom stereocenters. The van der Waals surface area contributed by atoms with Crippen molar-refractivity contribution in [3.8, 4) is 34.0 Å². The Kier molecular flexibility index (Phi) is 20.6. The van der Waals surface area contributed by atoms with Crippen LogP contribution in [0.25, 0.3) is 22.5 Å². The summed E-state index contributed by atoms with van der Waals surface area (Å²) in [5.74, 6) is 2.70. The number of amides is 2. The summed E-state index contributed by atoms with van der Waals surface area (Å²) in [5.41, 5.74) is 14.9. The molecule has 0 bridgehead atoms. The van der Waals surface area contributed by atoms with Gasteiger partial charge in [0.1, 0.15) is 5.82 Å². The van der Waals surface area contributed by atoms with Crippen molar-refractivity contribution in [2.45, 2.75) is 76.0 Å². The molecule has 0 aliphatic heterocycles. The summed E-state index contributed by atoms with van der Waals surface area (Å²) in [5, 5.41) is 12.8. The molecule has 2 aromatic heterocycles. The molecule has 0 fully saturated rings. The summed E-state index contributed by atoms with van der Waals surface area (Å²) < 4.78 is 23.8. The zero-order chi connectivity index (χ0) is 58.1. The Labute approximate surface area is 488 Å². The van der Waals surface area contributed by atoms with E-state index in [1.54, 1.807) is 26.4 Å². The molecule has 2 aliphatic rings. The third-order valence-electron chi connectivity index (χ3n) is 15.2. The molecule has 6 aromatic carbocycles. The number of aromatic nitrogens is 4. The number of halogens is 1. The summed E-state index contributed by atoms with van der Waals surface area (Å²) in [6, 6.07) is 45.1. The fourth-order valence-electron chi connectivity index (χ4n) is 10.8. The topological polar surface area (TPSA) is 159 Å². The molecule has 2 amide bonds. The molecule has 83 heavy (non-hydrogen) atoms. The molecule has 2 atom stereocenters. The van der Waals surface area contributed by atoms with Crippen LogP contribution in [0.4, 0.5) is 27.7 Å². The van der Waals surface area contributed by atoms with E-state index in [4.69, 9.17) is 19.4 Å². The summed E-state index contributed by atoms with van der Waals surface area (Å²) in [7, 11) is 11.6. The third kappa shape index (κ3) is 16.1. The first-order chi connectivity index (χ1) is 40.4. The second-order valence-electron chi connectivity index (χ2n) is 21.9. The molecule has 14 nitrogen and oxygen atoms in total. The number of ether oxygens (including phenoxy) is 2. The normalized spacial score (nSPS) is 13.8. The predicted octanol–water partition coefficient (Wildman–Crippen LogP) is 12.5. The Morgan fingerprint density at radius 3 is 1.53 bits per heavy atom. The summed E-state index contributed by atoms with van der Waals surface area (Å²) in [6.45, 7) is 3.86. The number of unbranched alkanes of at least 4 members (excludes halogenated alkanes) is 2. The SMILES string of the molecule is CN(C)CCCCNc1ncc2c(n1)-c1ccccc1C(c1ccc(NC(=O)Cc3ccc(F)cc3)cc1)C2.COc1ccc(CCCC(=O)Nc2ccc(C3Cc4cnc(NCCCCN(C)C)nc4-c4ccccc43)cc2)cc1OC. The Hall–Kier alpha value is -8.53. The monoisotopic (exact) mass is 1120 g/mol. The molecule has 2 heterocycles. The van der Waals surface area contributed by atoms with Crippen LogP contribution in [-0.4, -0.2) is 110 Å². The van der Waals surface area contributed by atoms with Gasteiger partial charge in [-0.25, -0.2) is 24.3 Å². The van der Waals surface area contributed by atoms with Crippen LogP contribution < -0.4 is 30.7 Å². The van der Waals surface area contributed by atoms with Gasteiger partial charge in [0.2, 0.25) is 23.7 Å². The molecule has 2 aliphatic carbocycles. The summed E-state index contributed by atoms with van der Waals surface area (Å²) in [4.78, 5) is 48.7. The van der Waals surface area contributed by atoms with Crippen molar-refractivity contribution < 1.29 is 23.5 Å². The number of hydrogen-bond acceptors (Lipinski definition) is 12. The largest absolute Gasteiger partial charge is 0.493 e. The summed E-state index contributed by atoms with van der Waals surface area (Å²) in [6.07, 6.45) is 12.2. The number of aryl methyl sites for hydroxylation is 1. The molecule has 0 saturated heterocycles. The van der Waals surface area contributed by atoms with Crippen LogP contribution >= 0.6 is 0 Å². The van der Waals surface area contributed by atoms with Gasteiger partial charge in [-0.05, 0) is 186 Å². The van der Waals surface area contributed by atoms with Gasteiger partial charge in [0.25, 0.3) is 0 Å². The van der Waals surface area contributed by atoms with Crippen LogP contribution in [0.5, 0.6) is 11.5 Å². The van der Waals surface area contributed by atoms with E-state index >= 15 is 0 Å². The van der Waals surface area contributed by atoms with Crippen molar-refractivity contribution in [2.75, 3.05) is 89.9 Å². The Morgan fingerprint density at radius 1 is 0.554 bits per heavy atom. The Morgan fingerprint density at radius 2 is 1.04 bits per heavy atom. The van der Waals surface area contributed by atoms with Crippen molar-refractivity contribution in [3.05, 3.63) is 202 Å². The van der Waals surface area contributed by atoms with Crippen molar-refractivity contribution in [1.29, 1.82) is 0 Å². The van der Waals surface area contributed by atoms with E-state index in [-0.39, 0.29) is 35.9 Å². The molecule has 430 valence electrons. The van der Waals surface area contributed by atoms with Crippen molar-refractivity contribution in [3.63, 3.8) is 0 Å². The quantitative estimate of drug-likeness (QED) is 0.0425. The number of rotatable bonds is 24. The highest BCUT2D eigenvalue weighted by molar-refractivity contribution is 5.92. The van der Waals surface area contributed by atoms with Gasteiger partial charge in [-0.15, -0.1) is 0 Å². The molecule has 10 rings (SSSR count). The van der Waals surface area contributed by atoms with E-state index < -0.39 is 0 Å². The summed E-state index contributed by atoms with van der Waals surface area (Å²) >= 11 is 0. The fourth-order valence-corrected chi connectivity index (χ4v) is 10.8. The standard InChI is InChI=1S/C36H43N5O3.C32H34FN5O/c1-41(2)21-8-7-20-37-36-38-24-27-23-31(29-11-5-6-12-30(29)35(27)40-36)26-15-17-28(18-16-26)39-34(42)13-9-10-25-14-19-32(43-3)33(22-25)44-4;1-38(2)18-6-5-17-34-32-35-21-24-20-29(27-7-3-4-8-28(27)31(24)37-32)23-11-15-26(16-12-23)36-30(39)19-22-9-13-25(33)14-10-22/h5-6,11-12,14-19,22,24,31H,7-10,13,20-21,23H2,1-4H3,(H,39,42)(H,37,38,40);3-4,7-16,21,29H,5-6,17-20H2,1-2H3,(H,36,39)(H,34,35,37). The average Bonchev–Trinajstić information content (AvgIpc) is 3.32. The van der Waals surface area contributed by atoms with Crippen LogP contribution in [0.15, 0.2) is 152 Å². The number of carbonyl (C=O) groups excluding carboxylic acids is 2. The zero-order valence-electron chi connectivity index (χ0n) is 48.7. The maximum Gasteiger partial charge on any atom is 0.228 e. The molecular weight excluding hydrogens is 1040 g/mol. The number of benzene rings is 6. The van der Waals surface area contributed by atoms with Crippen molar-refractivity contribution >= 4 is 35.1 Å². The van der Waals surface area contributed by atoms with Gasteiger partial charge in [0, 0.05) is 66.2 Å². The lowest BCUT2D eigenvalue weighted by Crippen LogP contribution is -2.17. The first-order valence-corrected chi connectivity index (χ1v) is 28.8. The lowest BCUT2D eigenvalue weighted by molar-refractivity contribution is -0.116. The van der Waals surface area contributed by atoms with Crippen molar-refractivity contribution in [2.24, 2.45) is 0 Å². The minimum absolute atomic E-state index is 0.00873. The third-order valence-corrected chi connectivity index (χ3v) is 15.2. The number of nitrogens with one attached hydrogen (secondary N) is 4. The van der Waals surface area contributed by atoms with E-state index in [1.165, 1.54) is 34.4 Å². The van der Waals surface area contributed by atoms with Gasteiger partial charge >= 0.3 is 0 Å². The highest BCUT2D eigenvalue weighted by atomic mass is 19.1. The fraction of sp³-hybridized carbons (Fsp3) is 0.324. The lowest BCUT2D eigenvalue weighted by Gasteiger charge is -2.27. The van der Waals surface area contributed by atoms with Gasteiger partial charge in [0.15, 0.2) is 11.5 Å². The molecule has 4 N–H and O–H groups in total. The highest BCUT2D eigenvalue weighted by Crippen LogP contribution is 2.44. The minimum atomic E-state index is -0.309. The van der Waals surface area contributed by atoms with Crippen LogP contribution in [0, 0.1) is 5.82 Å². The van der Waals surface area contributed by atoms with E-state index in [9.17, 15) is 14.0 Å². The smallest absolute Gasteiger partial charge is 0.228 e. The average molecular weight is 1120 g/mol. The first kappa shape index (κ1) is 59.1. The van der Waals surface area contributed by atoms with Gasteiger partial charge in [-0.3, -0.25) is 9.59 Å². The van der Waals surface area contributed by atoms with Crippen LogP contribution in [0.1, 0.15) is 94.9 Å². The molecule has 0 spiro atoms. The van der Waals surface area contributed by atoms with Crippen molar-refractivity contribution in [1.82, 2.24) is 29.7 Å². The molecular formula is C68H77FN10O4. The number of methoxy groups -OCH3 is 2. The molecule has 0 saturated carbocycles. The van der Waals surface area contributed by atoms with Crippen LogP contribution in [0.2, 0.25) is 0 Å². The zero-order valence-corrected chi connectivity index (χ0v) is 48.7. The maximum atomic E-state index is 13.1. The molecule has 0 radical (unpaired) electrons. The maximum absolute atomic E-state index is 13.1. The van der Waals surface area contributed by atoms with E-state index in [2.05, 4.69) is 142 Å². The number of anilines is 4. The molecule has 15 heteroatoms. The van der Waals surface area contributed by atoms with Gasteiger partial charge < -0.3 is 40.5 Å². The second kappa shape index (κ2) is 28.9. The second-order valence-corrected chi connectivity index (χ2v) is 21.9. The first-order valence-electron chi connectivity index (χ1n) is 28.8. The Bertz CT molecular complexity index is 3430. The lowest BCUT2D eigenvalue weighted by atomic mass is 9.78. The van der Waals surface area contributed by atoms with E-state index in [1.807, 2.05) is 54.9 Å². The highest BCUT2D eigenvalue weighted by Gasteiger charge is 2.29. The van der Waals surface area contributed by atoms with Gasteiger partial charge in [0.05, 0.1) is 32.0 Å². The van der Waals surface area contributed by atoms with Gasteiger partial charge in [-0.2, -0.15) is 0 Å². The van der Waals surface area contributed by atoms with E-state index in [0.717, 1.165) is 134 Å². The van der Waals surface area contributed by atoms with Gasteiger partial charge in [-0.1, -0.05) is 91.0 Å². The number of hydrogen-bond donors (Lipinski definition) is 4. The minimum Gasteiger partial charge on any atom is -0.493 e. The van der Waals surface area contributed by atoms with Crippen LogP contribution in [-0.2, 0) is 35.3 Å². The number of fused-ring (bicyclic) bond motifs is 6. The molecule has 8 aromatic rings.